The zero-order valence-corrected chi connectivity index (χ0v) is 16.3. The molecule has 0 saturated carbocycles. The molecule has 9 heteroatoms. The van der Waals surface area contributed by atoms with Crippen molar-refractivity contribution >= 4 is 47.7 Å². The summed E-state index contributed by atoms with van der Waals surface area (Å²) >= 11 is 1.43. The van der Waals surface area contributed by atoms with Crippen LogP contribution >= 0.6 is 36.2 Å². The summed E-state index contributed by atoms with van der Waals surface area (Å²) in [5.41, 5.74) is 7.13. The van der Waals surface area contributed by atoms with E-state index in [4.69, 9.17) is 10.5 Å². The van der Waals surface area contributed by atoms with Gasteiger partial charge in [0.15, 0.2) is 0 Å². The first-order valence-corrected chi connectivity index (χ1v) is 8.42. The number of carbonyl (C=O) groups excluding carboxylic acids is 1. The molecule has 2 aromatic rings. The van der Waals surface area contributed by atoms with Gasteiger partial charge in [-0.05, 0) is 12.1 Å². The van der Waals surface area contributed by atoms with Gasteiger partial charge in [0.05, 0.1) is 12.8 Å². The highest BCUT2D eigenvalue weighted by atomic mass is 35.5. The van der Waals surface area contributed by atoms with Crippen LogP contribution in [0, 0.1) is 0 Å². The maximum atomic E-state index is 12.5. The summed E-state index contributed by atoms with van der Waals surface area (Å²) in [5.74, 6) is 0.847. The summed E-state index contributed by atoms with van der Waals surface area (Å²) in [7, 11) is 1.68. The van der Waals surface area contributed by atoms with E-state index in [0.29, 0.717) is 25.3 Å². The number of halogens is 2. The summed E-state index contributed by atoms with van der Waals surface area (Å²) in [5, 5.41) is 2.58. The Morgan fingerprint density at radius 3 is 2.52 bits per heavy atom. The number of para-hydroxylation sites is 2. The predicted molar refractivity (Wildman–Crippen MR) is 106 cm³/mol. The van der Waals surface area contributed by atoms with E-state index in [-0.39, 0.29) is 30.7 Å². The molecule has 0 radical (unpaired) electrons. The van der Waals surface area contributed by atoms with Crippen molar-refractivity contribution in [3.8, 4) is 5.75 Å². The van der Waals surface area contributed by atoms with E-state index < -0.39 is 0 Å². The van der Waals surface area contributed by atoms with Crippen LogP contribution in [-0.4, -0.2) is 49.1 Å². The van der Waals surface area contributed by atoms with Crippen LogP contribution in [0.1, 0.15) is 15.5 Å². The van der Waals surface area contributed by atoms with Crippen LogP contribution in [0.2, 0.25) is 0 Å². The van der Waals surface area contributed by atoms with Crippen molar-refractivity contribution in [3.05, 3.63) is 40.3 Å². The fourth-order valence-corrected chi connectivity index (χ4v) is 3.35. The topological polar surface area (TPSA) is 71.7 Å². The van der Waals surface area contributed by atoms with Crippen molar-refractivity contribution in [2.75, 3.05) is 38.2 Å². The minimum Gasteiger partial charge on any atom is -0.495 e. The number of carbonyl (C=O) groups is 1. The predicted octanol–water partition coefficient (Wildman–Crippen LogP) is 2.42. The Kier molecular flexibility index (Phi) is 8.44. The van der Waals surface area contributed by atoms with Gasteiger partial charge in [-0.2, -0.15) is 0 Å². The number of hydrogen-bond donors (Lipinski definition) is 1. The van der Waals surface area contributed by atoms with Crippen LogP contribution in [0.5, 0.6) is 5.75 Å². The average Bonchev–Trinajstić information content (AvgIpc) is 3.10. The Morgan fingerprint density at radius 2 is 1.92 bits per heavy atom. The van der Waals surface area contributed by atoms with E-state index in [0.717, 1.165) is 29.5 Å². The molecule has 138 valence electrons. The number of hydrogen-bond acceptors (Lipinski definition) is 6. The van der Waals surface area contributed by atoms with Gasteiger partial charge < -0.3 is 20.3 Å². The maximum Gasteiger partial charge on any atom is 0.273 e. The first-order chi connectivity index (χ1) is 11.2. The lowest BCUT2D eigenvalue weighted by Gasteiger charge is -2.36. The molecule has 2 heterocycles. The molecular weight excluding hydrogens is 383 g/mol. The van der Waals surface area contributed by atoms with Crippen LogP contribution in [0.4, 0.5) is 5.69 Å². The number of aromatic nitrogens is 1. The zero-order chi connectivity index (χ0) is 16.2. The fourth-order valence-electron chi connectivity index (χ4n) is 2.71. The first kappa shape index (κ1) is 21.5. The maximum absolute atomic E-state index is 12.5. The van der Waals surface area contributed by atoms with Gasteiger partial charge in [-0.3, -0.25) is 4.79 Å². The Hall–Kier alpha value is -1.54. The molecule has 1 aliphatic heterocycles. The van der Waals surface area contributed by atoms with Crippen molar-refractivity contribution in [3.63, 3.8) is 0 Å². The van der Waals surface area contributed by atoms with Gasteiger partial charge in [-0.1, -0.05) is 12.1 Å². The fraction of sp³-hybridized carbons (Fsp3) is 0.375. The van der Waals surface area contributed by atoms with Crippen molar-refractivity contribution in [2.24, 2.45) is 5.73 Å². The third-order valence-electron chi connectivity index (χ3n) is 3.94. The molecule has 2 N–H and O–H groups in total. The number of piperazine rings is 1. The number of thiazole rings is 1. The van der Waals surface area contributed by atoms with Crippen LogP contribution in [0.25, 0.3) is 0 Å². The number of amides is 1. The number of benzene rings is 1. The molecule has 0 unspecified atom stereocenters. The van der Waals surface area contributed by atoms with Crippen molar-refractivity contribution < 1.29 is 9.53 Å². The lowest BCUT2D eigenvalue weighted by Crippen LogP contribution is -2.49. The molecule has 0 atom stereocenters. The summed E-state index contributed by atoms with van der Waals surface area (Å²) < 4.78 is 5.41. The van der Waals surface area contributed by atoms with E-state index in [1.165, 1.54) is 11.3 Å². The average molecular weight is 405 g/mol. The Morgan fingerprint density at radius 1 is 1.24 bits per heavy atom. The van der Waals surface area contributed by atoms with Crippen LogP contribution in [0.15, 0.2) is 29.6 Å². The van der Waals surface area contributed by atoms with Gasteiger partial charge in [-0.15, -0.1) is 36.2 Å². The van der Waals surface area contributed by atoms with Gasteiger partial charge in [0.2, 0.25) is 0 Å². The van der Waals surface area contributed by atoms with E-state index in [1.807, 2.05) is 29.2 Å². The lowest BCUT2D eigenvalue weighted by molar-refractivity contribution is 0.0741. The SMILES string of the molecule is COc1ccccc1N1CCN(C(=O)c2csc(CN)n2)CC1.Cl.Cl. The van der Waals surface area contributed by atoms with Gasteiger partial charge in [0.1, 0.15) is 16.5 Å². The van der Waals surface area contributed by atoms with E-state index in [9.17, 15) is 4.79 Å². The summed E-state index contributed by atoms with van der Waals surface area (Å²) in [6, 6.07) is 7.96. The number of anilines is 1. The highest BCUT2D eigenvalue weighted by Gasteiger charge is 2.24. The third kappa shape index (κ3) is 4.76. The normalized spacial score (nSPS) is 13.7. The molecule has 0 aliphatic carbocycles. The Labute approximate surface area is 163 Å². The van der Waals surface area contributed by atoms with Gasteiger partial charge in [0, 0.05) is 38.1 Å². The summed E-state index contributed by atoms with van der Waals surface area (Å²) in [6.45, 7) is 3.28. The number of nitrogens with two attached hydrogens (primary N) is 1. The second-order valence-corrected chi connectivity index (χ2v) is 6.22. The molecule has 0 spiro atoms. The summed E-state index contributed by atoms with van der Waals surface area (Å²) in [4.78, 5) is 20.9. The molecule has 1 amide bonds. The first-order valence-electron chi connectivity index (χ1n) is 7.54. The standard InChI is InChI=1S/C16H20N4O2S.2ClH/c1-22-14-5-3-2-4-13(14)19-6-8-20(9-7-19)16(21)12-11-23-15(10-17)18-12;;/h2-5,11H,6-10,17H2,1H3;2*1H. The monoisotopic (exact) mass is 404 g/mol. The Balaban J connectivity index is 0.00000156. The number of nitrogens with zero attached hydrogens (tertiary/aromatic N) is 3. The molecule has 6 nitrogen and oxygen atoms in total. The molecule has 1 aromatic heterocycles. The minimum atomic E-state index is -0.0133. The second kappa shape index (κ2) is 9.82. The van der Waals surface area contributed by atoms with E-state index >= 15 is 0 Å². The van der Waals surface area contributed by atoms with E-state index in [2.05, 4.69) is 9.88 Å². The van der Waals surface area contributed by atoms with Gasteiger partial charge >= 0.3 is 0 Å². The Bertz CT molecular complexity index is 690. The minimum absolute atomic E-state index is 0. The molecule has 3 rings (SSSR count). The third-order valence-corrected chi connectivity index (χ3v) is 4.81. The molecule has 1 saturated heterocycles. The number of methoxy groups -OCH3 is 1. The van der Waals surface area contributed by atoms with Gasteiger partial charge in [-0.25, -0.2) is 4.98 Å². The molecule has 1 aliphatic rings. The lowest BCUT2D eigenvalue weighted by atomic mass is 10.2. The number of rotatable bonds is 4. The zero-order valence-electron chi connectivity index (χ0n) is 13.9. The number of ether oxygens (including phenoxy) is 1. The van der Waals surface area contributed by atoms with Crippen molar-refractivity contribution in [1.29, 1.82) is 0 Å². The molecule has 1 aromatic carbocycles. The molecular formula is C16H22Cl2N4O2S. The summed E-state index contributed by atoms with van der Waals surface area (Å²) in [6.07, 6.45) is 0. The second-order valence-electron chi connectivity index (χ2n) is 5.28. The van der Waals surface area contributed by atoms with Crippen LogP contribution in [0.3, 0.4) is 0 Å². The van der Waals surface area contributed by atoms with Crippen molar-refractivity contribution in [2.45, 2.75) is 6.54 Å². The van der Waals surface area contributed by atoms with Crippen molar-refractivity contribution in [1.82, 2.24) is 9.88 Å². The highest BCUT2D eigenvalue weighted by Crippen LogP contribution is 2.28. The molecule has 0 bridgehead atoms. The van der Waals surface area contributed by atoms with Gasteiger partial charge in [0.25, 0.3) is 5.91 Å². The highest BCUT2D eigenvalue weighted by molar-refractivity contribution is 7.09. The van der Waals surface area contributed by atoms with E-state index in [1.54, 1.807) is 12.5 Å². The van der Waals surface area contributed by atoms with Crippen LogP contribution < -0.4 is 15.4 Å². The molecule has 1 fully saturated rings. The largest absolute Gasteiger partial charge is 0.495 e. The smallest absolute Gasteiger partial charge is 0.273 e. The quantitative estimate of drug-likeness (QED) is 0.846. The molecule has 25 heavy (non-hydrogen) atoms. The van der Waals surface area contributed by atoms with Crippen LogP contribution in [-0.2, 0) is 6.54 Å².